The summed E-state index contributed by atoms with van der Waals surface area (Å²) in [7, 11) is 0. The fourth-order valence-electron chi connectivity index (χ4n) is 2.00. The lowest BCUT2D eigenvalue weighted by atomic mass is 10.2. The van der Waals surface area contributed by atoms with Crippen molar-refractivity contribution in [2.45, 2.75) is 33.1 Å². The fourth-order valence-corrected chi connectivity index (χ4v) is 2.00. The predicted octanol–water partition coefficient (Wildman–Crippen LogP) is 3.75. The number of aromatic nitrogens is 2. The molecule has 0 unspecified atom stereocenters. The van der Waals surface area contributed by atoms with Crippen LogP contribution in [0.15, 0.2) is 36.4 Å². The van der Waals surface area contributed by atoms with E-state index in [0.29, 0.717) is 24.7 Å². The Morgan fingerprint density at radius 1 is 1.09 bits per heavy atom. The van der Waals surface area contributed by atoms with Gasteiger partial charge in [-0.25, -0.2) is 0 Å². The number of carbonyl (C=O) groups is 1. The molecule has 1 heterocycles. The number of nitrogens with one attached hydrogen (secondary N) is 2. The Hall–Kier alpha value is -2.63. The van der Waals surface area contributed by atoms with E-state index in [1.54, 1.807) is 12.1 Å². The van der Waals surface area contributed by atoms with Crippen molar-refractivity contribution in [2.75, 3.05) is 17.2 Å². The highest BCUT2D eigenvalue weighted by Gasteiger charge is 2.06. The normalized spacial score (nSPS) is 10.2. The van der Waals surface area contributed by atoms with Gasteiger partial charge in [-0.3, -0.25) is 4.79 Å². The van der Waals surface area contributed by atoms with Gasteiger partial charge in [0.05, 0.1) is 12.3 Å². The number of ether oxygens (including phenoxy) is 1. The zero-order valence-electron chi connectivity index (χ0n) is 13.5. The molecule has 2 N–H and O–H groups in total. The summed E-state index contributed by atoms with van der Waals surface area (Å²) in [5.41, 5.74) is 0.823. The highest BCUT2D eigenvalue weighted by Crippen LogP contribution is 2.26. The minimum Gasteiger partial charge on any atom is -0.492 e. The number of anilines is 3. The average molecular weight is 314 g/mol. The topological polar surface area (TPSA) is 76.1 Å². The molecule has 0 aliphatic heterocycles. The summed E-state index contributed by atoms with van der Waals surface area (Å²) in [6.45, 7) is 4.58. The largest absolute Gasteiger partial charge is 0.492 e. The van der Waals surface area contributed by atoms with Crippen molar-refractivity contribution in [2.24, 2.45) is 0 Å². The van der Waals surface area contributed by atoms with E-state index in [-0.39, 0.29) is 5.91 Å². The summed E-state index contributed by atoms with van der Waals surface area (Å²) in [6.07, 6.45) is 2.36. The van der Waals surface area contributed by atoms with Crippen LogP contribution in [0.2, 0.25) is 0 Å². The van der Waals surface area contributed by atoms with Gasteiger partial charge in [-0.1, -0.05) is 25.5 Å². The van der Waals surface area contributed by atoms with Gasteiger partial charge < -0.3 is 15.4 Å². The molecule has 6 nitrogen and oxygen atoms in total. The number of carbonyl (C=O) groups excluding carboxylic acids is 1. The summed E-state index contributed by atoms with van der Waals surface area (Å²) >= 11 is 0. The number of para-hydroxylation sites is 2. The van der Waals surface area contributed by atoms with Crippen LogP contribution in [-0.2, 0) is 4.79 Å². The lowest BCUT2D eigenvalue weighted by Crippen LogP contribution is -2.12. The molecule has 0 atom stereocenters. The Balaban J connectivity index is 1.99. The van der Waals surface area contributed by atoms with Gasteiger partial charge in [0.1, 0.15) is 5.75 Å². The second-order valence-electron chi connectivity index (χ2n) is 5.01. The first-order chi connectivity index (χ1) is 11.2. The van der Waals surface area contributed by atoms with E-state index in [1.165, 1.54) is 0 Å². The lowest BCUT2D eigenvalue weighted by molar-refractivity contribution is -0.116. The molecule has 0 spiro atoms. The molecule has 2 aromatic rings. The SMILES string of the molecule is CCCCC(=O)Nc1ccc(Nc2ccccc2OCC)nn1. The van der Waals surface area contributed by atoms with Crippen molar-refractivity contribution < 1.29 is 9.53 Å². The maximum absolute atomic E-state index is 11.7. The van der Waals surface area contributed by atoms with Crippen molar-refractivity contribution >= 4 is 23.2 Å². The van der Waals surface area contributed by atoms with Crippen LogP contribution < -0.4 is 15.4 Å². The quantitative estimate of drug-likeness (QED) is 0.776. The van der Waals surface area contributed by atoms with Crippen molar-refractivity contribution in [3.63, 3.8) is 0 Å². The molecule has 1 aromatic carbocycles. The third-order valence-electron chi connectivity index (χ3n) is 3.14. The van der Waals surface area contributed by atoms with Crippen molar-refractivity contribution in [3.05, 3.63) is 36.4 Å². The Labute approximate surface area is 136 Å². The third-order valence-corrected chi connectivity index (χ3v) is 3.14. The van der Waals surface area contributed by atoms with Crippen LogP contribution in [0.25, 0.3) is 0 Å². The highest BCUT2D eigenvalue weighted by atomic mass is 16.5. The van der Waals surface area contributed by atoms with Gasteiger partial charge >= 0.3 is 0 Å². The Morgan fingerprint density at radius 3 is 2.52 bits per heavy atom. The van der Waals surface area contributed by atoms with Crippen molar-refractivity contribution in [1.29, 1.82) is 0 Å². The summed E-state index contributed by atoms with van der Waals surface area (Å²) in [5, 5.41) is 14.0. The van der Waals surface area contributed by atoms with E-state index in [4.69, 9.17) is 4.74 Å². The number of hydrogen-bond donors (Lipinski definition) is 2. The number of benzene rings is 1. The van der Waals surface area contributed by atoms with Crippen LogP contribution in [0.4, 0.5) is 17.3 Å². The molecule has 0 fully saturated rings. The molecule has 1 amide bonds. The van der Waals surface area contributed by atoms with E-state index in [0.717, 1.165) is 24.3 Å². The van der Waals surface area contributed by atoms with E-state index >= 15 is 0 Å². The monoisotopic (exact) mass is 314 g/mol. The molecular weight excluding hydrogens is 292 g/mol. The Bertz CT molecular complexity index is 629. The van der Waals surface area contributed by atoms with Crippen LogP contribution in [0.5, 0.6) is 5.75 Å². The van der Waals surface area contributed by atoms with Gasteiger partial charge in [-0.05, 0) is 37.6 Å². The van der Waals surface area contributed by atoms with Gasteiger partial charge in [0.15, 0.2) is 11.6 Å². The zero-order valence-corrected chi connectivity index (χ0v) is 13.5. The molecular formula is C17H22N4O2. The Kier molecular flexibility index (Phi) is 6.35. The van der Waals surface area contributed by atoms with Crippen LogP contribution in [0.1, 0.15) is 33.1 Å². The number of nitrogens with zero attached hydrogens (tertiary/aromatic N) is 2. The number of amides is 1. The van der Waals surface area contributed by atoms with Gasteiger partial charge in [0.25, 0.3) is 0 Å². The van der Waals surface area contributed by atoms with E-state index in [9.17, 15) is 4.79 Å². The van der Waals surface area contributed by atoms with Crippen LogP contribution in [0, 0.1) is 0 Å². The second-order valence-corrected chi connectivity index (χ2v) is 5.01. The fraction of sp³-hybridized carbons (Fsp3) is 0.353. The van der Waals surface area contributed by atoms with Gasteiger partial charge in [0, 0.05) is 6.42 Å². The first kappa shape index (κ1) is 16.7. The second kappa shape index (κ2) is 8.73. The van der Waals surface area contributed by atoms with Crippen LogP contribution in [0.3, 0.4) is 0 Å². The molecule has 122 valence electrons. The summed E-state index contributed by atoms with van der Waals surface area (Å²) in [5.74, 6) is 1.76. The van der Waals surface area contributed by atoms with Crippen LogP contribution in [-0.4, -0.2) is 22.7 Å². The first-order valence-electron chi connectivity index (χ1n) is 7.85. The van der Waals surface area contributed by atoms with E-state index < -0.39 is 0 Å². The zero-order chi connectivity index (χ0) is 16.5. The van der Waals surface area contributed by atoms with E-state index in [1.807, 2.05) is 38.1 Å². The molecule has 23 heavy (non-hydrogen) atoms. The highest BCUT2D eigenvalue weighted by molar-refractivity contribution is 5.89. The lowest BCUT2D eigenvalue weighted by Gasteiger charge is -2.11. The summed E-state index contributed by atoms with van der Waals surface area (Å²) in [6, 6.07) is 11.1. The molecule has 6 heteroatoms. The summed E-state index contributed by atoms with van der Waals surface area (Å²) < 4.78 is 5.56. The van der Waals surface area contributed by atoms with E-state index in [2.05, 4.69) is 20.8 Å². The number of hydrogen-bond acceptors (Lipinski definition) is 5. The molecule has 0 bridgehead atoms. The third kappa shape index (κ3) is 5.25. The molecule has 0 aliphatic rings. The molecule has 0 saturated heterocycles. The van der Waals surface area contributed by atoms with Crippen molar-refractivity contribution in [1.82, 2.24) is 10.2 Å². The molecule has 2 rings (SSSR count). The molecule has 0 saturated carbocycles. The maximum atomic E-state index is 11.7. The number of unbranched alkanes of at least 4 members (excludes halogenated alkanes) is 1. The predicted molar refractivity (Wildman–Crippen MR) is 91.1 cm³/mol. The standard InChI is InChI=1S/C17H22N4O2/c1-3-5-10-17(22)19-16-12-11-15(20-21-16)18-13-8-6-7-9-14(13)23-4-2/h6-9,11-12H,3-5,10H2,1-2H3,(H,18,20)(H,19,21,22). The van der Waals surface area contributed by atoms with Crippen LogP contribution >= 0.6 is 0 Å². The Morgan fingerprint density at radius 2 is 1.83 bits per heavy atom. The smallest absolute Gasteiger partial charge is 0.225 e. The van der Waals surface area contributed by atoms with Gasteiger partial charge in [0.2, 0.25) is 5.91 Å². The minimum atomic E-state index is -0.0384. The number of rotatable bonds is 8. The van der Waals surface area contributed by atoms with Gasteiger partial charge in [-0.2, -0.15) is 0 Å². The van der Waals surface area contributed by atoms with Gasteiger partial charge in [-0.15, -0.1) is 10.2 Å². The molecule has 1 aromatic heterocycles. The molecule has 0 radical (unpaired) electrons. The summed E-state index contributed by atoms with van der Waals surface area (Å²) in [4.78, 5) is 11.7. The average Bonchev–Trinajstić information content (AvgIpc) is 2.57. The van der Waals surface area contributed by atoms with Crippen molar-refractivity contribution in [3.8, 4) is 5.75 Å². The maximum Gasteiger partial charge on any atom is 0.225 e. The molecule has 0 aliphatic carbocycles. The minimum absolute atomic E-state index is 0.0384. The first-order valence-corrected chi connectivity index (χ1v) is 7.85.